The summed E-state index contributed by atoms with van der Waals surface area (Å²) in [4.78, 5) is 6.13. The predicted molar refractivity (Wildman–Crippen MR) is 85.6 cm³/mol. The van der Waals surface area contributed by atoms with Crippen molar-refractivity contribution in [1.29, 1.82) is 0 Å². The zero-order valence-electron chi connectivity index (χ0n) is 12.7. The van der Waals surface area contributed by atoms with E-state index in [1.54, 1.807) is 0 Å². The first-order valence-corrected chi connectivity index (χ1v) is 8.20. The summed E-state index contributed by atoms with van der Waals surface area (Å²) in [6.07, 6.45) is 3.09. The number of nitrogens with one attached hydrogen (secondary N) is 1. The van der Waals surface area contributed by atoms with E-state index in [4.69, 9.17) is 0 Å². The van der Waals surface area contributed by atoms with E-state index < -0.39 is 0 Å². The molecule has 4 atom stereocenters. The normalized spacial score (nSPS) is 33.0. The van der Waals surface area contributed by atoms with Gasteiger partial charge in [0.05, 0.1) is 6.10 Å². The van der Waals surface area contributed by atoms with Gasteiger partial charge in [-0.1, -0.05) is 25.1 Å². The number of piperidine rings is 1. The van der Waals surface area contributed by atoms with Gasteiger partial charge in [-0.2, -0.15) is 0 Å². The Morgan fingerprint density at radius 2 is 2.05 bits per heavy atom. The van der Waals surface area contributed by atoms with Crippen molar-refractivity contribution >= 4 is 10.9 Å². The van der Waals surface area contributed by atoms with Gasteiger partial charge in [0, 0.05) is 36.2 Å². The molecule has 0 saturated carbocycles. The third kappa shape index (κ3) is 2.39. The van der Waals surface area contributed by atoms with Crippen molar-refractivity contribution in [3.63, 3.8) is 0 Å². The van der Waals surface area contributed by atoms with E-state index in [0.29, 0.717) is 11.8 Å². The Labute approximate surface area is 126 Å². The van der Waals surface area contributed by atoms with Crippen LogP contribution in [0.2, 0.25) is 0 Å². The van der Waals surface area contributed by atoms with Gasteiger partial charge in [0.25, 0.3) is 0 Å². The smallest absolute Gasteiger partial charge is 0.0670 e. The fourth-order valence-electron chi connectivity index (χ4n) is 4.42. The summed E-state index contributed by atoms with van der Waals surface area (Å²) in [5.74, 6) is 1.17. The standard InChI is InChI=1S/C18H24N2O/c1-12-8-13-9-14(21)11-20(10-13)7-6-16-15-4-2-3-5-17(15)19-18(12)16/h2-5,12-14,19,21H,6-11H2,1H3/t12-,13+,14+/m1/s1. The molecule has 4 rings (SSSR count). The van der Waals surface area contributed by atoms with E-state index in [2.05, 4.69) is 41.1 Å². The van der Waals surface area contributed by atoms with E-state index in [-0.39, 0.29) is 6.10 Å². The molecule has 3 nitrogen and oxygen atoms in total. The van der Waals surface area contributed by atoms with E-state index in [1.165, 1.54) is 28.6 Å². The number of hydrogen-bond donors (Lipinski definition) is 2. The number of nitrogens with zero attached hydrogens (tertiary/aromatic N) is 1. The molecule has 0 radical (unpaired) electrons. The SMILES string of the molecule is C[C@@H]1C[C@H]2C[C@H](O)CN(CCc3c1[nH]c1ccccc31)C2. The number of fused-ring (bicyclic) bond motifs is 5. The van der Waals surface area contributed by atoms with Crippen LogP contribution in [0.5, 0.6) is 0 Å². The lowest BCUT2D eigenvalue weighted by molar-refractivity contribution is 0.0374. The van der Waals surface area contributed by atoms with Crippen molar-refractivity contribution in [2.75, 3.05) is 19.6 Å². The Hall–Kier alpha value is -1.32. The van der Waals surface area contributed by atoms with Crippen molar-refractivity contribution in [2.45, 2.75) is 38.2 Å². The highest BCUT2D eigenvalue weighted by molar-refractivity contribution is 5.84. The maximum atomic E-state index is 10.1. The average molecular weight is 284 g/mol. The fraction of sp³-hybridized carbons (Fsp3) is 0.556. The van der Waals surface area contributed by atoms with Gasteiger partial charge in [0.2, 0.25) is 0 Å². The maximum absolute atomic E-state index is 10.1. The van der Waals surface area contributed by atoms with Crippen molar-refractivity contribution in [3.8, 4) is 0 Å². The number of hydrogen-bond acceptors (Lipinski definition) is 2. The monoisotopic (exact) mass is 284 g/mol. The molecule has 0 aliphatic carbocycles. The molecule has 2 aliphatic rings. The fourth-order valence-corrected chi connectivity index (χ4v) is 4.42. The number of aliphatic hydroxyl groups excluding tert-OH is 1. The van der Waals surface area contributed by atoms with Crippen molar-refractivity contribution < 1.29 is 5.11 Å². The van der Waals surface area contributed by atoms with E-state index in [1.807, 2.05) is 0 Å². The second-order valence-corrected chi connectivity index (χ2v) is 6.96. The minimum absolute atomic E-state index is 0.135. The number of aromatic amines is 1. The highest BCUT2D eigenvalue weighted by atomic mass is 16.3. The van der Waals surface area contributed by atoms with Crippen molar-refractivity contribution in [3.05, 3.63) is 35.5 Å². The average Bonchev–Trinajstić information content (AvgIpc) is 2.83. The Bertz CT molecular complexity index is 648. The Morgan fingerprint density at radius 1 is 1.19 bits per heavy atom. The highest BCUT2D eigenvalue weighted by Gasteiger charge is 2.30. The second-order valence-electron chi connectivity index (χ2n) is 6.96. The summed E-state index contributed by atoms with van der Waals surface area (Å²) in [6.45, 7) is 5.41. The molecule has 2 aromatic rings. The van der Waals surface area contributed by atoms with Crippen molar-refractivity contribution in [2.24, 2.45) is 5.92 Å². The lowest BCUT2D eigenvalue weighted by Gasteiger charge is -2.35. The summed E-state index contributed by atoms with van der Waals surface area (Å²) in [7, 11) is 0. The van der Waals surface area contributed by atoms with Crippen LogP contribution in [0.15, 0.2) is 24.3 Å². The molecule has 0 amide bonds. The number of rotatable bonds is 0. The summed E-state index contributed by atoms with van der Waals surface area (Å²) < 4.78 is 0. The first-order chi connectivity index (χ1) is 10.2. The number of aliphatic hydroxyl groups is 1. The quantitative estimate of drug-likeness (QED) is 0.781. The zero-order chi connectivity index (χ0) is 14.4. The predicted octanol–water partition coefficient (Wildman–Crippen LogP) is 2.90. The van der Waals surface area contributed by atoms with Gasteiger partial charge < -0.3 is 15.0 Å². The summed E-state index contributed by atoms with van der Waals surface area (Å²) in [6, 6.07) is 8.67. The first kappa shape index (κ1) is 13.4. The molecule has 1 unspecified atom stereocenters. The molecule has 3 heteroatoms. The molecule has 1 fully saturated rings. The topological polar surface area (TPSA) is 39.3 Å². The largest absolute Gasteiger partial charge is 0.392 e. The number of para-hydroxylation sites is 1. The maximum Gasteiger partial charge on any atom is 0.0670 e. The molecular weight excluding hydrogens is 260 g/mol. The highest BCUT2D eigenvalue weighted by Crippen LogP contribution is 2.35. The summed E-state index contributed by atoms with van der Waals surface area (Å²) in [5, 5.41) is 11.5. The molecule has 2 bridgehead atoms. The minimum atomic E-state index is -0.135. The van der Waals surface area contributed by atoms with E-state index in [9.17, 15) is 5.11 Å². The van der Waals surface area contributed by atoms with Gasteiger partial charge >= 0.3 is 0 Å². The second kappa shape index (κ2) is 5.15. The van der Waals surface area contributed by atoms with Crippen molar-refractivity contribution in [1.82, 2.24) is 9.88 Å². The van der Waals surface area contributed by atoms with Gasteiger partial charge in [-0.25, -0.2) is 0 Å². The lowest BCUT2D eigenvalue weighted by atomic mass is 9.86. The van der Waals surface area contributed by atoms with Crippen LogP contribution >= 0.6 is 0 Å². The molecule has 2 N–H and O–H groups in total. The van der Waals surface area contributed by atoms with E-state index >= 15 is 0 Å². The Balaban J connectivity index is 1.76. The summed E-state index contributed by atoms with van der Waals surface area (Å²) in [5.41, 5.74) is 4.20. The first-order valence-electron chi connectivity index (χ1n) is 8.20. The Kier molecular flexibility index (Phi) is 3.27. The third-order valence-electron chi connectivity index (χ3n) is 5.30. The number of benzene rings is 1. The zero-order valence-corrected chi connectivity index (χ0v) is 12.7. The van der Waals surface area contributed by atoms with Gasteiger partial charge in [-0.15, -0.1) is 0 Å². The molecule has 0 spiro atoms. The van der Waals surface area contributed by atoms with Crippen LogP contribution in [0.3, 0.4) is 0 Å². The van der Waals surface area contributed by atoms with Gasteiger partial charge in [-0.05, 0) is 42.7 Å². The van der Waals surface area contributed by atoms with Crippen LogP contribution in [-0.4, -0.2) is 40.7 Å². The number of H-pyrrole nitrogens is 1. The minimum Gasteiger partial charge on any atom is -0.392 e. The molecule has 21 heavy (non-hydrogen) atoms. The molecule has 3 heterocycles. The van der Waals surface area contributed by atoms with Crippen LogP contribution < -0.4 is 0 Å². The number of aromatic nitrogens is 1. The molecular formula is C18H24N2O. The molecule has 1 saturated heterocycles. The third-order valence-corrected chi connectivity index (χ3v) is 5.30. The van der Waals surface area contributed by atoms with Gasteiger partial charge in [0.1, 0.15) is 0 Å². The molecule has 1 aromatic carbocycles. The summed E-state index contributed by atoms with van der Waals surface area (Å²) >= 11 is 0. The van der Waals surface area contributed by atoms with Crippen LogP contribution in [0.4, 0.5) is 0 Å². The van der Waals surface area contributed by atoms with Gasteiger partial charge in [-0.3, -0.25) is 0 Å². The van der Waals surface area contributed by atoms with Gasteiger partial charge in [0.15, 0.2) is 0 Å². The molecule has 2 aliphatic heterocycles. The van der Waals surface area contributed by atoms with E-state index in [0.717, 1.165) is 32.5 Å². The molecule has 1 aromatic heterocycles. The van der Waals surface area contributed by atoms with Crippen LogP contribution in [0.1, 0.15) is 36.9 Å². The Morgan fingerprint density at radius 3 is 2.95 bits per heavy atom. The van der Waals surface area contributed by atoms with Crippen LogP contribution in [-0.2, 0) is 6.42 Å². The van der Waals surface area contributed by atoms with Crippen LogP contribution in [0.25, 0.3) is 10.9 Å². The lowest BCUT2D eigenvalue weighted by Crippen LogP contribution is -2.43. The molecule has 112 valence electrons. The van der Waals surface area contributed by atoms with Crippen LogP contribution in [0, 0.1) is 5.92 Å².